The molecular weight excluding hydrogens is 1820 g/mol. The predicted molar refractivity (Wildman–Crippen MR) is 605 cm³/mol. The molecule has 148 heavy (non-hydrogen) atoms. The minimum absolute atomic E-state index is 0.272. The third-order valence-corrected chi connectivity index (χ3v) is 33.2. The Kier molecular flexibility index (Phi) is 25.5. The van der Waals surface area contributed by atoms with Crippen LogP contribution >= 0.6 is 0 Å². The molecule has 0 aliphatic heterocycles. The highest BCUT2D eigenvalue weighted by Gasteiger charge is 2.35. The minimum atomic E-state index is -2.28. The van der Waals surface area contributed by atoms with E-state index in [-0.39, 0.29) is 11.1 Å². The molecule has 0 N–H and O–H groups in total. The van der Waals surface area contributed by atoms with Gasteiger partial charge in [0.05, 0.1) is 27.8 Å². The van der Waals surface area contributed by atoms with Crippen LogP contribution in [0.15, 0.2) is 205 Å². The van der Waals surface area contributed by atoms with E-state index < -0.39 is 25.5 Å². The summed E-state index contributed by atoms with van der Waals surface area (Å²) in [6.07, 6.45) is 34.8. The average Bonchev–Trinajstić information content (AvgIpc) is 1.69. The van der Waals surface area contributed by atoms with Crippen molar-refractivity contribution in [1.82, 2.24) is 24.9 Å². The van der Waals surface area contributed by atoms with E-state index in [9.17, 15) is 0 Å². The van der Waals surface area contributed by atoms with Gasteiger partial charge in [-0.05, 0) is 310 Å². The monoisotopic (exact) mass is 1980 g/mol. The Bertz CT molecular complexity index is 8730. The van der Waals surface area contributed by atoms with Crippen LogP contribution in [0, 0.1) is 69.1 Å². The predicted octanol–water partition coefficient (Wildman–Crippen LogP) is 33.2. The normalized spacial score (nSPS) is 16.5. The summed E-state index contributed by atoms with van der Waals surface area (Å²) in [5.41, 5.74) is 39.9. The number of fused-ring (bicyclic) bond motifs is 15. The first-order chi connectivity index (χ1) is 74.5. The number of hydrogen-bond acceptors (Lipinski definition) is 10. The fourth-order valence-electron chi connectivity index (χ4n) is 24.7. The maximum absolute atomic E-state index is 9.15. The number of pyridine rings is 10. The molecule has 5 saturated carbocycles. The lowest BCUT2D eigenvalue weighted by Gasteiger charge is -2.14. The van der Waals surface area contributed by atoms with Crippen molar-refractivity contribution >= 4 is 110 Å². The van der Waals surface area contributed by atoms with Crippen molar-refractivity contribution in [2.75, 3.05) is 0 Å². The number of aryl methyl sites for hydroxylation is 17. The largest absolute Gasteiger partial charge is 0.437 e. The molecule has 15 heterocycles. The van der Waals surface area contributed by atoms with Crippen molar-refractivity contribution in [3.8, 4) is 56.3 Å². The summed E-state index contributed by atoms with van der Waals surface area (Å²) in [6, 6.07) is 53.4. The van der Waals surface area contributed by atoms with Crippen LogP contribution in [0.25, 0.3) is 167 Å². The summed E-state index contributed by atoms with van der Waals surface area (Å²) in [5.74, 6) is 1.45. The Morgan fingerprint density at radius 1 is 0.264 bits per heavy atom. The van der Waals surface area contributed by atoms with Crippen LogP contribution in [0.2, 0.25) is 0 Å². The highest BCUT2D eigenvalue weighted by atomic mass is 16.4. The Balaban J connectivity index is 0.000000113. The lowest BCUT2D eigenvalue weighted by Crippen LogP contribution is -2.32. The average molecular weight is 1980 g/mol. The molecule has 0 saturated heterocycles. The highest BCUT2D eigenvalue weighted by Crippen LogP contribution is 2.49. The van der Waals surface area contributed by atoms with Gasteiger partial charge >= 0.3 is 0 Å². The van der Waals surface area contributed by atoms with E-state index in [4.69, 9.17) is 53.0 Å². The van der Waals surface area contributed by atoms with E-state index in [1.54, 1.807) is 12.4 Å². The number of nitrogens with zero attached hydrogens (tertiary/aromatic N) is 10. The molecule has 0 unspecified atom stereocenters. The molecular formula is C133H151N10O5+5. The van der Waals surface area contributed by atoms with E-state index in [1.807, 2.05) is 55.3 Å². The van der Waals surface area contributed by atoms with Crippen molar-refractivity contribution in [2.24, 2.45) is 35.2 Å². The van der Waals surface area contributed by atoms with E-state index in [0.717, 1.165) is 205 Å². The number of rotatable bonds is 15. The van der Waals surface area contributed by atoms with Gasteiger partial charge in [0.2, 0.25) is 57.0 Å². The zero-order valence-corrected chi connectivity index (χ0v) is 90.9. The van der Waals surface area contributed by atoms with Crippen molar-refractivity contribution in [3.63, 3.8) is 0 Å². The molecule has 5 aliphatic rings. The van der Waals surface area contributed by atoms with Crippen LogP contribution in [0.1, 0.15) is 354 Å². The summed E-state index contributed by atoms with van der Waals surface area (Å²) in [6.45, 7) is 29.9. The highest BCUT2D eigenvalue weighted by molar-refractivity contribution is 6.13. The third kappa shape index (κ3) is 19.0. The zero-order valence-electron chi connectivity index (χ0n) is 98.9. The SMILES string of the molecule is CCc1ccc2c(n1)oc1c(-c3cc(C)c(C4CCCC4)c[n+]3C)c(C)ccc12.Cc1cc(-c2c(C)ccc3c2oc2nc(C(C)C)ccc23)[n+](C)cc1C1CCCC1.Cc1cc(-c2c(C)ccc3c2oc2nc(C(C)C)ccc23)[n+](C)cc1C1CCCC1.[2H]C([2H])([2H])c1c[n+](C)c(-c2c(C)ccc3c2oc2nc(C(C)C)ccc23)cc1C1([2H])CCCC1.[2H]C([2H])([2H])c1c[n+](C)c(-c2c(C)ccc3c2oc2nc(CC)ccc23)cc1C1([2H])CCCC1. The summed E-state index contributed by atoms with van der Waals surface area (Å²) >= 11 is 0. The lowest BCUT2D eigenvalue weighted by molar-refractivity contribution is -0.661. The molecule has 0 spiro atoms. The van der Waals surface area contributed by atoms with Gasteiger partial charge in [-0.3, -0.25) is 0 Å². The minimum Gasteiger partial charge on any atom is -0.437 e. The fourth-order valence-corrected chi connectivity index (χ4v) is 24.7. The second-order valence-electron chi connectivity index (χ2n) is 44.4. The topological polar surface area (TPSA) is 150 Å². The zero-order chi connectivity index (χ0) is 110. The number of furan rings is 5. The van der Waals surface area contributed by atoms with Crippen LogP contribution in [0.5, 0.6) is 0 Å². The van der Waals surface area contributed by atoms with Gasteiger partial charge in [0.15, 0.2) is 58.9 Å². The maximum atomic E-state index is 9.15. The molecule has 15 heteroatoms. The smallest absolute Gasteiger partial charge is 0.227 e. The maximum Gasteiger partial charge on any atom is 0.227 e. The Labute approximate surface area is 885 Å². The molecule has 15 aromatic heterocycles. The third-order valence-electron chi connectivity index (χ3n) is 33.2. The molecule has 5 aromatic carbocycles. The second-order valence-corrected chi connectivity index (χ2v) is 44.4. The number of hydrogen-bond donors (Lipinski definition) is 0. The van der Waals surface area contributed by atoms with E-state index in [0.29, 0.717) is 77.8 Å². The molecule has 5 fully saturated rings. The van der Waals surface area contributed by atoms with Crippen LogP contribution in [-0.2, 0) is 48.1 Å². The Morgan fingerprint density at radius 3 is 0.730 bits per heavy atom. The molecule has 758 valence electrons. The molecule has 5 aliphatic carbocycles. The van der Waals surface area contributed by atoms with Gasteiger partial charge < -0.3 is 22.1 Å². The van der Waals surface area contributed by atoms with Gasteiger partial charge in [-0.2, -0.15) is 0 Å². The Hall–Kier alpha value is -13.4. The summed E-state index contributed by atoms with van der Waals surface area (Å²) in [5, 5.41) is 10.6. The van der Waals surface area contributed by atoms with Gasteiger partial charge in [0.25, 0.3) is 0 Å². The summed E-state index contributed by atoms with van der Waals surface area (Å²) < 4.78 is 110. The van der Waals surface area contributed by atoms with E-state index >= 15 is 0 Å². The van der Waals surface area contributed by atoms with Crippen molar-refractivity contribution < 1.29 is 55.9 Å². The Morgan fingerprint density at radius 2 is 0.486 bits per heavy atom. The lowest BCUT2D eigenvalue weighted by atomic mass is 9.91. The molecule has 0 bridgehead atoms. The second kappa shape index (κ2) is 41.6. The summed E-state index contributed by atoms with van der Waals surface area (Å²) in [4.78, 5) is 23.8. The van der Waals surface area contributed by atoms with Gasteiger partial charge in [-0.15, -0.1) is 0 Å². The first kappa shape index (κ1) is 90.9. The van der Waals surface area contributed by atoms with Crippen molar-refractivity contribution in [1.29, 1.82) is 0 Å². The van der Waals surface area contributed by atoms with Gasteiger partial charge in [0.1, 0.15) is 35.2 Å². The molecule has 0 radical (unpaired) electrons. The van der Waals surface area contributed by atoms with Crippen LogP contribution in [0.4, 0.5) is 0 Å². The van der Waals surface area contributed by atoms with Crippen molar-refractivity contribution in [3.05, 3.63) is 295 Å². The molecule has 15 nitrogen and oxygen atoms in total. The first-order valence-corrected chi connectivity index (χ1v) is 54.8. The van der Waals surface area contributed by atoms with Gasteiger partial charge in [-0.1, -0.05) is 180 Å². The van der Waals surface area contributed by atoms with Gasteiger partial charge in [-0.25, -0.2) is 47.8 Å². The molecule has 0 atom stereocenters. The fraction of sp³-hybridized carbons (Fsp3) is 0.398. The molecule has 25 rings (SSSR count). The van der Waals surface area contributed by atoms with Gasteiger partial charge in [0, 0.05) is 151 Å². The van der Waals surface area contributed by atoms with E-state index in [1.165, 1.54) is 161 Å². The quantitative estimate of drug-likeness (QED) is 0.0908. The van der Waals surface area contributed by atoms with Crippen LogP contribution < -0.4 is 22.8 Å². The summed E-state index contributed by atoms with van der Waals surface area (Å²) in [7, 11) is 10.2. The number of benzene rings is 5. The van der Waals surface area contributed by atoms with Crippen LogP contribution in [-0.4, -0.2) is 24.9 Å². The van der Waals surface area contributed by atoms with Crippen LogP contribution in [0.3, 0.4) is 0 Å². The number of aromatic nitrogens is 10. The molecule has 0 amide bonds. The van der Waals surface area contributed by atoms with Crippen molar-refractivity contribution in [2.45, 2.75) is 313 Å². The standard InChI is InChI=1S/3C27H31N2O.2C26H29N2O/c1-16(2)23-13-12-21-20-11-10-17(3)25(26(20)30-27(21)28-23)24-14-22(18(4)15-29(24)5)19-8-6-7-9-19;2*1-16(2)23-13-12-21-20-11-10-17(3)25(26(20)30-27(21)28-23)24-14-18(4)22(15-29(24)5)19-8-6-7-9-19;1-5-19-11-13-21-20-12-10-16(2)24(25(20)29-26(21)27-19)23-14-22(17(3)15-28(23)4)18-8-6-7-9-18;1-5-19-11-13-21-20-12-10-16(2)24(25(20)29-26(21)27-19)23-14-17(3)22(15-28(23)4)18-8-6-7-9-18/h3*10-16,19H,6-9H2,1-5H3;2*10-15,18H,5-9H2,1-4H3/q5*+1/i4D3,19D;;;3D3,18D;. The first-order valence-electron chi connectivity index (χ1n) is 58.8. The van der Waals surface area contributed by atoms with E-state index in [2.05, 4.69) is 289 Å². The molecule has 20 aromatic rings.